The Labute approximate surface area is 74.1 Å². The molecule has 4 nitrogen and oxygen atoms in total. The number of alkyl halides is 2. The lowest BCUT2D eigenvalue weighted by molar-refractivity contribution is -0.120. The van der Waals surface area contributed by atoms with E-state index in [0.29, 0.717) is 0 Å². The van der Waals surface area contributed by atoms with E-state index in [1.165, 1.54) is 0 Å². The van der Waals surface area contributed by atoms with Gasteiger partial charge in [0, 0.05) is 0 Å². The Morgan fingerprint density at radius 2 is 1.82 bits per heavy atom. The zero-order valence-corrected chi connectivity index (χ0v) is 7.14. The van der Waals surface area contributed by atoms with Crippen LogP contribution in [-0.2, 0) is 4.79 Å². The molecule has 0 aromatic rings. The van der Waals surface area contributed by atoms with Gasteiger partial charge in [-0.3, -0.25) is 4.79 Å². The van der Waals surface area contributed by atoms with Gasteiger partial charge in [-0.05, 0) is 0 Å². The van der Waals surface area contributed by atoms with E-state index in [2.05, 4.69) is 5.32 Å². The quantitative estimate of drug-likeness (QED) is 0.526. The number of hydrogen-bond donors (Lipinski definition) is 3. The Bertz CT molecular complexity index is 127. The fraction of sp³-hybridized carbons (Fsp3) is 0.800. The molecule has 0 unspecified atom stereocenters. The van der Waals surface area contributed by atoms with E-state index >= 15 is 0 Å². The van der Waals surface area contributed by atoms with Crippen molar-refractivity contribution < 1.29 is 15.0 Å². The summed E-state index contributed by atoms with van der Waals surface area (Å²) >= 11 is 10.4. The highest BCUT2D eigenvalue weighted by Gasteiger charge is 2.15. The molecule has 0 aromatic carbocycles. The third kappa shape index (κ3) is 4.42. The van der Waals surface area contributed by atoms with Crippen molar-refractivity contribution in [2.24, 2.45) is 0 Å². The van der Waals surface area contributed by atoms with E-state index in [1.54, 1.807) is 0 Å². The van der Waals surface area contributed by atoms with Crippen molar-refractivity contribution in [3.63, 3.8) is 0 Å². The van der Waals surface area contributed by atoms with Crippen molar-refractivity contribution in [3.05, 3.63) is 0 Å². The van der Waals surface area contributed by atoms with Gasteiger partial charge in [0.1, 0.15) is 0 Å². The van der Waals surface area contributed by atoms with Gasteiger partial charge >= 0.3 is 0 Å². The summed E-state index contributed by atoms with van der Waals surface area (Å²) in [7, 11) is 0. The summed E-state index contributed by atoms with van der Waals surface area (Å²) in [6, 6.07) is -0.692. The minimum absolute atomic E-state index is 0.345. The number of aliphatic hydroxyl groups excluding tert-OH is 2. The minimum atomic E-state index is -1.17. The summed E-state index contributed by atoms with van der Waals surface area (Å²) in [6.45, 7) is -0.689. The van der Waals surface area contributed by atoms with Gasteiger partial charge in [0.25, 0.3) is 5.91 Å². The maximum absolute atomic E-state index is 10.7. The summed E-state index contributed by atoms with van der Waals surface area (Å²) in [4.78, 5) is 9.50. The van der Waals surface area contributed by atoms with Crippen LogP contribution in [0, 0.1) is 0 Å². The van der Waals surface area contributed by atoms with Crippen LogP contribution < -0.4 is 5.32 Å². The molecule has 1 amide bonds. The predicted molar refractivity (Wildman–Crippen MR) is 41.6 cm³/mol. The van der Waals surface area contributed by atoms with E-state index in [-0.39, 0.29) is 13.2 Å². The molecule has 66 valence electrons. The SMILES string of the molecule is O=C(NC(CO)CO)C(Cl)Cl. The fourth-order valence-electron chi connectivity index (χ4n) is 0.413. The van der Waals surface area contributed by atoms with Crippen LogP contribution in [0.1, 0.15) is 0 Å². The molecule has 11 heavy (non-hydrogen) atoms. The number of carbonyl (C=O) groups excluding carboxylic acids is 1. The lowest BCUT2D eigenvalue weighted by Gasteiger charge is -2.12. The molecule has 6 heteroatoms. The summed E-state index contributed by atoms with van der Waals surface area (Å²) in [5, 5.41) is 19.2. The van der Waals surface area contributed by atoms with Crippen molar-refractivity contribution in [2.45, 2.75) is 10.9 Å². The molecule has 3 N–H and O–H groups in total. The van der Waals surface area contributed by atoms with Crippen molar-refractivity contribution in [3.8, 4) is 0 Å². The molecule has 0 saturated carbocycles. The first-order valence-electron chi connectivity index (χ1n) is 2.92. The van der Waals surface area contributed by atoms with Gasteiger partial charge in [-0.25, -0.2) is 0 Å². The Balaban J connectivity index is 3.72. The zero-order valence-electron chi connectivity index (χ0n) is 5.63. The van der Waals surface area contributed by atoms with Crippen LogP contribution in [-0.4, -0.2) is 40.2 Å². The first-order chi connectivity index (χ1) is 5.11. The second kappa shape index (κ2) is 5.60. The average molecular weight is 202 g/mol. The minimum Gasteiger partial charge on any atom is -0.394 e. The number of amides is 1. The molecular formula is C5H9Cl2NO3. The van der Waals surface area contributed by atoms with Crippen molar-refractivity contribution in [1.29, 1.82) is 0 Å². The number of aliphatic hydroxyl groups is 2. The molecule has 0 aliphatic rings. The standard InChI is InChI=1S/C5H9Cl2NO3/c6-4(7)5(11)8-3(1-9)2-10/h3-4,9-10H,1-2H2,(H,8,11). The van der Waals surface area contributed by atoms with Gasteiger partial charge in [-0.1, -0.05) is 23.2 Å². The molecule has 0 aromatic heterocycles. The van der Waals surface area contributed by atoms with Crippen LogP contribution in [0.15, 0.2) is 0 Å². The van der Waals surface area contributed by atoms with E-state index in [4.69, 9.17) is 33.4 Å². The first-order valence-corrected chi connectivity index (χ1v) is 3.79. The lowest BCUT2D eigenvalue weighted by Crippen LogP contribution is -2.42. The Kier molecular flexibility index (Phi) is 5.58. The second-order valence-corrected chi connectivity index (χ2v) is 2.97. The Hall–Kier alpha value is -0.0300. The van der Waals surface area contributed by atoms with Gasteiger partial charge in [0.2, 0.25) is 0 Å². The topological polar surface area (TPSA) is 69.6 Å². The fourth-order valence-corrected chi connectivity index (χ4v) is 0.539. The van der Waals surface area contributed by atoms with Gasteiger partial charge in [0.15, 0.2) is 4.84 Å². The number of halogens is 2. The lowest BCUT2D eigenvalue weighted by atomic mass is 10.3. The Morgan fingerprint density at radius 1 is 1.36 bits per heavy atom. The van der Waals surface area contributed by atoms with Crippen LogP contribution in [0.2, 0.25) is 0 Å². The normalized spacial score (nSPS) is 10.7. The van der Waals surface area contributed by atoms with Crippen LogP contribution in [0.3, 0.4) is 0 Å². The van der Waals surface area contributed by atoms with Crippen LogP contribution in [0.4, 0.5) is 0 Å². The monoisotopic (exact) mass is 201 g/mol. The number of hydrogen-bond acceptors (Lipinski definition) is 3. The summed E-state index contributed by atoms with van der Waals surface area (Å²) in [5.41, 5.74) is 0. The number of carbonyl (C=O) groups is 1. The maximum atomic E-state index is 10.7. The number of nitrogens with one attached hydrogen (secondary N) is 1. The smallest absolute Gasteiger partial charge is 0.253 e. The second-order valence-electron chi connectivity index (χ2n) is 1.87. The van der Waals surface area contributed by atoms with Crippen LogP contribution in [0.5, 0.6) is 0 Å². The van der Waals surface area contributed by atoms with E-state index < -0.39 is 16.8 Å². The van der Waals surface area contributed by atoms with Crippen molar-refractivity contribution in [1.82, 2.24) is 5.32 Å². The maximum Gasteiger partial charge on any atom is 0.253 e. The first kappa shape index (κ1) is 11.0. The molecule has 0 saturated heterocycles. The third-order valence-corrected chi connectivity index (χ3v) is 1.38. The predicted octanol–water partition coefficient (Wildman–Crippen LogP) is -0.740. The highest BCUT2D eigenvalue weighted by molar-refractivity contribution is 6.53. The van der Waals surface area contributed by atoms with Crippen LogP contribution in [0.25, 0.3) is 0 Å². The molecule has 0 heterocycles. The summed E-state index contributed by atoms with van der Waals surface area (Å²) in [6.07, 6.45) is 0. The molecule has 0 atom stereocenters. The average Bonchev–Trinajstić information content (AvgIpc) is 1.99. The molecule has 0 rings (SSSR count). The summed E-state index contributed by atoms with van der Waals surface area (Å²) < 4.78 is 0. The molecule has 0 spiro atoms. The van der Waals surface area contributed by atoms with E-state index in [1.807, 2.05) is 0 Å². The number of rotatable bonds is 4. The van der Waals surface area contributed by atoms with Gasteiger partial charge < -0.3 is 15.5 Å². The molecule has 0 radical (unpaired) electrons. The van der Waals surface area contributed by atoms with Gasteiger partial charge in [-0.15, -0.1) is 0 Å². The van der Waals surface area contributed by atoms with Crippen molar-refractivity contribution >= 4 is 29.1 Å². The molecule has 0 fully saturated rings. The van der Waals surface area contributed by atoms with E-state index in [0.717, 1.165) is 0 Å². The molecule has 0 aliphatic carbocycles. The van der Waals surface area contributed by atoms with Crippen LogP contribution >= 0.6 is 23.2 Å². The van der Waals surface area contributed by atoms with Gasteiger partial charge in [-0.2, -0.15) is 0 Å². The third-order valence-electron chi connectivity index (χ3n) is 0.985. The largest absolute Gasteiger partial charge is 0.394 e. The molecular weight excluding hydrogens is 193 g/mol. The summed E-state index contributed by atoms with van der Waals surface area (Å²) in [5.74, 6) is -0.624. The molecule has 0 bridgehead atoms. The Morgan fingerprint density at radius 3 is 2.09 bits per heavy atom. The van der Waals surface area contributed by atoms with Gasteiger partial charge in [0.05, 0.1) is 19.3 Å². The highest BCUT2D eigenvalue weighted by atomic mass is 35.5. The van der Waals surface area contributed by atoms with Crippen molar-refractivity contribution in [2.75, 3.05) is 13.2 Å². The highest BCUT2D eigenvalue weighted by Crippen LogP contribution is 2.00. The molecule has 0 aliphatic heterocycles. The van der Waals surface area contributed by atoms with E-state index in [9.17, 15) is 4.79 Å². The zero-order chi connectivity index (χ0) is 8.85.